The van der Waals surface area contributed by atoms with Gasteiger partial charge in [0.25, 0.3) is 10.1 Å². The van der Waals surface area contributed by atoms with Crippen LogP contribution < -0.4 is 11.1 Å². The van der Waals surface area contributed by atoms with Crippen LogP contribution in [0.5, 0.6) is 0 Å². The van der Waals surface area contributed by atoms with Gasteiger partial charge in [-0.05, 0) is 47.4 Å². The lowest BCUT2D eigenvalue weighted by molar-refractivity contribution is -0.780. The molecule has 2 aliphatic rings. The molecule has 9 nitrogen and oxygen atoms in total. The molecule has 38 heavy (non-hydrogen) atoms. The second-order valence-electron chi connectivity index (χ2n) is 9.84. The molecular formula is C28H28N3O6S+. The van der Waals surface area contributed by atoms with Crippen LogP contribution in [0, 0.1) is 11.8 Å². The maximum atomic E-state index is 13.8. The maximum Gasteiger partial charge on any atom is 0.388 e. The topological polar surface area (TPSA) is 140 Å². The van der Waals surface area contributed by atoms with Gasteiger partial charge in [-0.2, -0.15) is 12.9 Å². The van der Waals surface area contributed by atoms with Crippen LogP contribution >= 0.6 is 0 Å². The van der Waals surface area contributed by atoms with Gasteiger partial charge in [-0.1, -0.05) is 36.3 Å². The molecule has 1 spiro atoms. The number of anilines is 1. The highest BCUT2D eigenvalue weighted by Crippen LogP contribution is 2.46. The van der Waals surface area contributed by atoms with Crippen LogP contribution in [0.1, 0.15) is 45.8 Å². The Morgan fingerprint density at radius 2 is 1.79 bits per heavy atom. The SMILES string of the molecule is NCc1ccc2c(c1)C1(CC[N+](C(=O)CS(=O)(=O)O)(C(=O)c3ccc(C#Cc4ccccc4)o3)CC1)CN2. The molecule has 0 bridgehead atoms. The number of furan rings is 1. The van der Waals surface area contributed by atoms with E-state index in [1.165, 1.54) is 6.07 Å². The van der Waals surface area contributed by atoms with Crippen LogP contribution in [0.4, 0.5) is 5.69 Å². The Morgan fingerprint density at radius 3 is 2.47 bits per heavy atom. The summed E-state index contributed by atoms with van der Waals surface area (Å²) in [5, 5.41) is 3.41. The summed E-state index contributed by atoms with van der Waals surface area (Å²) in [6.45, 7) is 1.15. The molecule has 0 radical (unpaired) electrons. The summed E-state index contributed by atoms with van der Waals surface area (Å²) < 4.78 is 37.7. The van der Waals surface area contributed by atoms with Gasteiger partial charge in [0.15, 0.2) is 11.5 Å². The van der Waals surface area contributed by atoms with Crippen LogP contribution in [0.3, 0.4) is 0 Å². The molecule has 0 saturated carbocycles. The van der Waals surface area contributed by atoms with E-state index in [0.29, 0.717) is 25.9 Å². The van der Waals surface area contributed by atoms with Crippen molar-refractivity contribution in [2.24, 2.45) is 5.73 Å². The summed E-state index contributed by atoms with van der Waals surface area (Å²) in [6.07, 6.45) is 0.900. The van der Waals surface area contributed by atoms with Crippen LogP contribution in [0.2, 0.25) is 0 Å². The maximum absolute atomic E-state index is 13.8. The van der Waals surface area contributed by atoms with E-state index in [2.05, 4.69) is 23.2 Å². The summed E-state index contributed by atoms with van der Waals surface area (Å²) in [7, 11) is -4.64. The largest absolute Gasteiger partial charge is 0.438 e. The average Bonchev–Trinajstić information content (AvgIpc) is 3.52. The quantitative estimate of drug-likeness (QED) is 0.264. The molecule has 3 aromatic rings. The van der Waals surface area contributed by atoms with Crippen molar-refractivity contribution in [1.82, 2.24) is 0 Å². The number of hydrogen-bond acceptors (Lipinski definition) is 7. The van der Waals surface area contributed by atoms with Crippen LogP contribution in [-0.4, -0.2) is 54.7 Å². The number of carbonyl (C=O) groups is 2. The van der Waals surface area contributed by atoms with E-state index < -0.39 is 32.2 Å². The van der Waals surface area contributed by atoms with E-state index in [1.807, 2.05) is 42.5 Å². The minimum Gasteiger partial charge on any atom is -0.438 e. The number of nitrogens with two attached hydrogens (primary N) is 1. The first-order valence-corrected chi connectivity index (χ1v) is 13.9. The van der Waals surface area contributed by atoms with Gasteiger partial charge in [-0.15, -0.1) is 0 Å². The Bertz CT molecular complexity index is 1560. The monoisotopic (exact) mass is 534 g/mol. The van der Waals surface area contributed by atoms with Crippen molar-refractivity contribution in [3.05, 3.63) is 88.9 Å². The fourth-order valence-corrected chi connectivity index (χ4v) is 5.95. The van der Waals surface area contributed by atoms with Crippen LogP contribution in [0.15, 0.2) is 65.1 Å². The molecule has 2 aliphatic heterocycles. The molecule has 0 aliphatic carbocycles. The summed E-state index contributed by atoms with van der Waals surface area (Å²) >= 11 is 0. The first-order valence-electron chi connectivity index (χ1n) is 12.3. The number of quaternary nitrogens is 1. The number of nitrogens with one attached hydrogen (secondary N) is 1. The summed E-state index contributed by atoms with van der Waals surface area (Å²) in [5.74, 6) is 3.29. The molecular weight excluding hydrogens is 506 g/mol. The predicted octanol–water partition coefficient (Wildman–Crippen LogP) is 2.67. The number of carbonyl (C=O) groups excluding carboxylic acids is 2. The molecule has 0 atom stereocenters. The van der Waals surface area contributed by atoms with E-state index in [1.54, 1.807) is 6.07 Å². The third kappa shape index (κ3) is 4.89. The van der Waals surface area contributed by atoms with E-state index in [-0.39, 0.29) is 30.0 Å². The molecule has 10 heteroatoms. The third-order valence-corrected chi connectivity index (χ3v) is 8.16. The lowest BCUT2D eigenvalue weighted by Crippen LogP contribution is -2.64. The molecule has 5 rings (SSSR count). The number of benzene rings is 2. The predicted molar refractivity (Wildman–Crippen MR) is 141 cm³/mol. The Labute approximate surface area is 221 Å². The molecule has 1 fully saturated rings. The first kappa shape index (κ1) is 25.9. The molecule has 3 heterocycles. The standard InChI is InChI=1S/C28H27N3O6S/c29-17-21-7-10-24-23(16-21)28(19-30-24)12-14-31(15-13-28,26(32)18-38(34,35)36)27(33)25-11-9-22(37-25)8-6-20-4-2-1-3-5-20/h1-5,7,9-11,16,30H,12-15,17-19,29H2/p+1. The first-order chi connectivity index (χ1) is 18.1. The number of likely N-dealkylation sites (tertiary alicyclic amines) is 1. The second-order valence-corrected chi connectivity index (χ2v) is 11.3. The third-order valence-electron chi connectivity index (χ3n) is 7.55. The summed E-state index contributed by atoms with van der Waals surface area (Å²) in [5.41, 5.74) is 9.36. The zero-order valence-electron chi connectivity index (χ0n) is 20.6. The van der Waals surface area contributed by atoms with Gasteiger partial charge in [0, 0.05) is 42.6 Å². The van der Waals surface area contributed by atoms with Gasteiger partial charge < -0.3 is 15.5 Å². The van der Waals surface area contributed by atoms with Crippen molar-refractivity contribution >= 4 is 27.6 Å². The minimum absolute atomic E-state index is 0.0624. The van der Waals surface area contributed by atoms with Crippen molar-refractivity contribution in [2.45, 2.75) is 24.8 Å². The van der Waals surface area contributed by atoms with Crippen molar-refractivity contribution in [2.75, 3.05) is 30.7 Å². The van der Waals surface area contributed by atoms with Gasteiger partial charge in [0.2, 0.25) is 5.76 Å². The average molecular weight is 535 g/mol. The van der Waals surface area contributed by atoms with E-state index >= 15 is 0 Å². The number of piperidine rings is 1. The van der Waals surface area contributed by atoms with Crippen molar-refractivity contribution in [3.63, 3.8) is 0 Å². The molecule has 1 aromatic heterocycles. The van der Waals surface area contributed by atoms with Crippen molar-refractivity contribution < 1.29 is 31.5 Å². The Balaban J connectivity index is 1.45. The number of fused-ring (bicyclic) bond motifs is 2. The zero-order valence-corrected chi connectivity index (χ0v) is 21.5. The minimum atomic E-state index is -4.64. The van der Waals surface area contributed by atoms with Crippen molar-refractivity contribution in [3.8, 4) is 11.8 Å². The lowest BCUT2D eigenvalue weighted by Gasteiger charge is -2.43. The Hall–Kier alpha value is -3.75. The normalized spacial score (nSPS) is 22.3. The fourth-order valence-electron chi connectivity index (χ4n) is 5.40. The molecule has 196 valence electrons. The summed E-state index contributed by atoms with van der Waals surface area (Å²) in [4.78, 5) is 27.1. The fraction of sp³-hybridized carbons (Fsp3) is 0.286. The van der Waals surface area contributed by atoms with E-state index in [0.717, 1.165) is 22.4 Å². The number of nitrogens with zero attached hydrogens (tertiary/aromatic N) is 1. The number of amides is 2. The smallest absolute Gasteiger partial charge is 0.388 e. The molecule has 2 amide bonds. The Kier molecular flexibility index (Phi) is 6.71. The van der Waals surface area contributed by atoms with E-state index in [4.69, 9.17) is 10.2 Å². The van der Waals surface area contributed by atoms with Gasteiger partial charge in [-0.3, -0.25) is 4.55 Å². The van der Waals surface area contributed by atoms with Crippen LogP contribution in [-0.2, 0) is 26.9 Å². The van der Waals surface area contributed by atoms with Crippen molar-refractivity contribution in [1.29, 1.82) is 0 Å². The molecule has 1 saturated heterocycles. The number of imide groups is 1. The number of rotatable bonds is 4. The molecule has 2 aromatic carbocycles. The zero-order chi connectivity index (χ0) is 27.0. The lowest BCUT2D eigenvalue weighted by atomic mass is 9.73. The highest BCUT2D eigenvalue weighted by Gasteiger charge is 2.55. The number of hydrogen-bond donors (Lipinski definition) is 3. The molecule has 0 unspecified atom stereocenters. The second kappa shape index (κ2) is 9.85. The van der Waals surface area contributed by atoms with Gasteiger partial charge in [0.05, 0.1) is 13.1 Å². The molecule has 4 N–H and O–H groups in total. The van der Waals surface area contributed by atoms with Gasteiger partial charge in [-0.25, -0.2) is 9.59 Å². The highest BCUT2D eigenvalue weighted by atomic mass is 32.2. The van der Waals surface area contributed by atoms with Crippen LogP contribution in [0.25, 0.3) is 0 Å². The highest BCUT2D eigenvalue weighted by molar-refractivity contribution is 7.86. The van der Waals surface area contributed by atoms with Gasteiger partial charge in [0.1, 0.15) is 0 Å². The Morgan fingerprint density at radius 1 is 1.05 bits per heavy atom. The summed E-state index contributed by atoms with van der Waals surface area (Å²) in [6, 6.07) is 18.3. The van der Waals surface area contributed by atoms with Gasteiger partial charge >= 0.3 is 11.8 Å². The van der Waals surface area contributed by atoms with E-state index in [9.17, 15) is 22.6 Å².